The standard InChI is InChI=1S/C19H26F2N2OS.C4H4O4/c1-11-14(15-8-16(15)22-10-12-2-3-12)9-17(25-11)18(24)23-13-4-6-19(20,21)7-5-13;5-3(6)1-2-4(7)8/h9,12-13,15-16,22H,2-8,10H2,1H3,(H,23,24);1-2H,(H,5,6)(H,7,8)/b;2-1+/t15-,16+;/m0./s1. The molecular formula is C23H30F2N2O5S. The van der Waals surface area contributed by atoms with Crippen molar-refractivity contribution in [3.05, 3.63) is 33.5 Å². The zero-order valence-corrected chi connectivity index (χ0v) is 19.3. The average Bonchev–Trinajstić information content (AvgIpc) is 3.66. The molecule has 1 heterocycles. The van der Waals surface area contributed by atoms with Crippen molar-refractivity contribution in [2.45, 2.75) is 75.8 Å². The maximum absolute atomic E-state index is 13.2. The summed E-state index contributed by atoms with van der Waals surface area (Å²) in [5.74, 6) is -3.75. The number of hydrogen-bond donors (Lipinski definition) is 4. The molecule has 0 radical (unpaired) electrons. The van der Waals surface area contributed by atoms with Gasteiger partial charge >= 0.3 is 11.9 Å². The third-order valence-electron chi connectivity index (χ3n) is 6.16. The third-order valence-corrected chi connectivity index (χ3v) is 7.22. The summed E-state index contributed by atoms with van der Waals surface area (Å²) >= 11 is 1.53. The summed E-state index contributed by atoms with van der Waals surface area (Å²) < 4.78 is 26.5. The van der Waals surface area contributed by atoms with Crippen LogP contribution in [0.4, 0.5) is 8.78 Å². The molecule has 0 unspecified atom stereocenters. The molecule has 0 saturated heterocycles. The maximum atomic E-state index is 13.2. The second-order valence-corrected chi connectivity index (χ2v) is 10.3. The van der Waals surface area contributed by atoms with E-state index in [1.54, 1.807) is 0 Å². The van der Waals surface area contributed by atoms with Crippen LogP contribution in [0.25, 0.3) is 0 Å². The Morgan fingerprint density at radius 2 is 1.73 bits per heavy atom. The van der Waals surface area contributed by atoms with E-state index in [9.17, 15) is 23.2 Å². The number of carboxylic acid groups (broad SMARTS) is 2. The van der Waals surface area contributed by atoms with Crippen molar-refractivity contribution in [2.24, 2.45) is 5.92 Å². The van der Waals surface area contributed by atoms with Crippen LogP contribution in [-0.4, -0.2) is 52.6 Å². The Hall–Kier alpha value is -2.33. The third kappa shape index (κ3) is 8.19. The van der Waals surface area contributed by atoms with Gasteiger partial charge in [-0.3, -0.25) is 4.79 Å². The molecule has 0 aromatic carbocycles. The number of aryl methyl sites for hydroxylation is 1. The SMILES string of the molecule is Cc1sc(C(=O)NC2CCC(F)(F)CC2)cc1[C@@H]1C[C@H]1NCC1CC1.O=C(O)/C=C/C(=O)O. The molecule has 0 aliphatic heterocycles. The number of carbonyl (C=O) groups excluding carboxylic acids is 1. The van der Waals surface area contributed by atoms with Crippen LogP contribution in [0.1, 0.15) is 71.0 Å². The number of alkyl halides is 2. The fourth-order valence-corrected chi connectivity index (χ4v) is 4.96. The second kappa shape index (κ2) is 10.7. The van der Waals surface area contributed by atoms with Crippen molar-refractivity contribution in [1.29, 1.82) is 0 Å². The quantitative estimate of drug-likeness (QED) is 0.416. The Kier molecular flexibility index (Phi) is 8.23. The predicted octanol–water partition coefficient (Wildman–Crippen LogP) is 3.93. The van der Waals surface area contributed by atoms with E-state index in [0.29, 0.717) is 37.0 Å². The molecule has 10 heteroatoms. The van der Waals surface area contributed by atoms with E-state index in [1.165, 1.54) is 34.6 Å². The van der Waals surface area contributed by atoms with Gasteiger partial charge in [-0.05, 0) is 63.1 Å². The minimum Gasteiger partial charge on any atom is -0.478 e. The molecule has 33 heavy (non-hydrogen) atoms. The van der Waals surface area contributed by atoms with E-state index in [2.05, 4.69) is 17.6 Å². The highest BCUT2D eigenvalue weighted by atomic mass is 32.1. The zero-order chi connectivity index (χ0) is 24.2. The molecule has 4 rings (SSSR count). The average molecular weight is 485 g/mol. The number of aliphatic carboxylic acids is 2. The minimum absolute atomic E-state index is 0.0993. The van der Waals surface area contributed by atoms with Gasteiger partial charge in [0.2, 0.25) is 5.92 Å². The molecule has 1 amide bonds. The highest BCUT2D eigenvalue weighted by Gasteiger charge is 2.41. The normalized spacial score (nSPS) is 24.1. The summed E-state index contributed by atoms with van der Waals surface area (Å²) in [4.78, 5) is 33.5. The van der Waals surface area contributed by atoms with Crippen molar-refractivity contribution >= 4 is 29.2 Å². The lowest BCUT2D eigenvalue weighted by atomic mass is 9.92. The first-order valence-electron chi connectivity index (χ1n) is 11.2. The number of halogens is 2. The van der Waals surface area contributed by atoms with Gasteiger partial charge in [0, 0.05) is 47.9 Å². The minimum atomic E-state index is -2.55. The molecule has 2 atom stereocenters. The van der Waals surface area contributed by atoms with Crippen molar-refractivity contribution < 1.29 is 33.4 Å². The number of nitrogens with one attached hydrogen (secondary N) is 2. The van der Waals surface area contributed by atoms with Gasteiger partial charge in [-0.25, -0.2) is 18.4 Å². The van der Waals surface area contributed by atoms with E-state index in [1.807, 2.05) is 6.07 Å². The maximum Gasteiger partial charge on any atom is 0.328 e. The topological polar surface area (TPSA) is 116 Å². The molecule has 7 nitrogen and oxygen atoms in total. The summed E-state index contributed by atoms with van der Waals surface area (Å²) in [5, 5.41) is 22.2. The Morgan fingerprint density at radius 1 is 1.12 bits per heavy atom. The van der Waals surface area contributed by atoms with E-state index in [-0.39, 0.29) is 24.8 Å². The first-order chi connectivity index (χ1) is 15.5. The number of hydrogen-bond acceptors (Lipinski definition) is 5. The highest BCUT2D eigenvalue weighted by molar-refractivity contribution is 7.14. The molecule has 3 aliphatic rings. The summed E-state index contributed by atoms with van der Waals surface area (Å²) in [6, 6.07) is 2.47. The second-order valence-electron chi connectivity index (χ2n) is 9.04. The van der Waals surface area contributed by atoms with Crippen molar-refractivity contribution in [3.63, 3.8) is 0 Å². The largest absolute Gasteiger partial charge is 0.478 e. The van der Waals surface area contributed by atoms with Crippen LogP contribution in [0, 0.1) is 12.8 Å². The van der Waals surface area contributed by atoms with Gasteiger partial charge in [0.25, 0.3) is 5.91 Å². The number of rotatable bonds is 8. The van der Waals surface area contributed by atoms with E-state index < -0.39 is 17.9 Å². The molecule has 4 N–H and O–H groups in total. The summed E-state index contributed by atoms with van der Waals surface area (Å²) in [7, 11) is 0. The van der Waals surface area contributed by atoms with Gasteiger partial charge in [0.15, 0.2) is 0 Å². The smallest absolute Gasteiger partial charge is 0.328 e. The number of carbonyl (C=O) groups is 3. The van der Waals surface area contributed by atoms with Crippen LogP contribution in [0.2, 0.25) is 0 Å². The molecule has 3 aliphatic carbocycles. The lowest BCUT2D eigenvalue weighted by molar-refractivity contribution is -0.134. The van der Waals surface area contributed by atoms with Crippen LogP contribution in [-0.2, 0) is 9.59 Å². The first kappa shape index (κ1) is 25.3. The van der Waals surface area contributed by atoms with Crippen molar-refractivity contribution in [1.82, 2.24) is 10.6 Å². The Balaban J connectivity index is 0.000000331. The number of carboxylic acids is 2. The van der Waals surface area contributed by atoms with Gasteiger partial charge in [-0.15, -0.1) is 11.3 Å². The van der Waals surface area contributed by atoms with Crippen LogP contribution < -0.4 is 10.6 Å². The van der Waals surface area contributed by atoms with Gasteiger partial charge in [0.05, 0.1) is 4.88 Å². The van der Waals surface area contributed by atoms with Crippen LogP contribution >= 0.6 is 11.3 Å². The Labute approximate surface area is 195 Å². The van der Waals surface area contributed by atoms with Crippen LogP contribution in [0.3, 0.4) is 0 Å². The van der Waals surface area contributed by atoms with Gasteiger partial charge < -0.3 is 20.8 Å². The van der Waals surface area contributed by atoms with Gasteiger partial charge in [-0.1, -0.05) is 0 Å². The molecule has 0 spiro atoms. The van der Waals surface area contributed by atoms with E-state index in [0.717, 1.165) is 23.8 Å². The van der Waals surface area contributed by atoms with E-state index in [4.69, 9.17) is 10.2 Å². The van der Waals surface area contributed by atoms with Crippen molar-refractivity contribution in [3.8, 4) is 0 Å². The van der Waals surface area contributed by atoms with E-state index >= 15 is 0 Å². The monoisotopic (exact) mass is 484 g/mol. The molecule has 1 aromatic heterocycles. The lowest BCUT2D eigenvalue weighted by Gasteiger charge is -2.28. The van der Waals surface area contributed by atoms with Crippen LogP contribution in [0.15, 0.2) is 18.2 Å². The molecule has 3 saturated carbocycles. The number of amides is 1. The summed E-state index contributed by atoms with van der Waals surface area (Å²) in [6.07, 6.45) is 5.48. The Morgan fingerprint density at radius 3 is 2.27 bits per heavy atom. The molecule has 1 aromatic rings. The molecular weight excluding hydrogens is 454 g/mol. The first-order valence-corrected chi connectivity index (χ1v) is 12.0. The zero-order valence-electron chi connectivity index (χ0n) is 18.5. The lowest BCUT2D eigenvalue weighted by Crippen LogP contribution is -2.40. The van der Waals surface area contributed by atoms with Crippen molar-refractivity contribution in [2.75, 3.05) is 6.54 Å². The predicted molar refractivity (Wildman–Crippen MR) is 120 cm³/mol. The van der Waals surface area contributed by atoms with Crippen LogP contribution in [0.5, 0.6) is 0 Å². The van der Waals surface area contributed by atoms with Gasteiger partial charge in [0.1, 0.15) is 0 Å². The number of thiophene rings is 1. The molecule has 3 fully saturated rings. The van der Waals surface area contributed by atoms with Gasteiger partial charge in [-0.2, -0.15) is 0 Å². The summed E-state index contributed by atoms with van der Waals surface area (Å²) in [6.45, 7) is 3.21. The highest BCUT2D eigenvalue weighted by Crippen LogP contribution is 2.45. The molecule has 0 bridgehead atoms. The summed E-state index contributed by atoms with van der Waals surface area (Å²) in [5.41, 5.74) is 1.29. The molecule has 182 valence electrons. The fourth-order valence-electron chi connectivity index (χ4n) is 3.96. The fraction of sp³-hybridized carbons (Fsp3) is 0.609. The Bertz CT molecular complexity index is 887.